The van der Waals surface area contributed by atoms with Crippen LogP contribution in [-0.2, 0) is 44.9 Å². The molecule has 0 heterocycles. The van der Waals surface area contributed by atoms with Crippen LogP contribution in [0, 0.1) is 0 Å². The van der Waals surface area contributed by atoms with E-state index in [1.165, 1.54) is 81.3 Å². The zero-order chi connectivity index (χ0) is 42.4. The van der Waals surface area contributed by atoms with Crippen LogP contribution in [0.5, 0.6) is 23.0 Å². The van der Waals surface area contributed by atoms with Crippen molar-refractivity contribution >= 4 is 17.1 Å². The van der Waals surface area contributed by atoms with Gasteiger partial charge in [-0.2, -0.15) is 0 Å². The maximum absolute atomic E-state index is 6.34. The van der Waals surface area contributed by atoms with Crippen molar-refractivity contribution in [2.45, 2.75) is 44.9 Å². The monoisotopic (exact) mass is 825 g/mol. The van der Waals surface area contributed by atoms with E-state index in [-0.39, 0.29) is 0 Å². The molecule has 0 aromatic heterocycles. The summed E-state index contributed by atoms with van der Waals surface area (Å²) in [5, 5.41) is 0. The molecule has 0 amide bonds. The summed E-state index contributed by atoms with van der Waals surface area (Å²) in [6.07, 6.45) is 7.97. The number of ether oxygens (including phenoxy) is 2. The predicted molar refractivity (Wildman–Crippen MR) is 262 cm³/mol. The van der Waals surface area contributed by atoms with E-state index in [9.17, 15) is 0 Å². The van der Waals surface area contributed by atoms with E-state index >= 15 is 0 Å². The highest BCUT2D eigenvalue weighted by Crippen LogP contribution is 2.40. The zero-order valence-electron chi connectivity index (χ0n) is 35.8. The average molecular weight is 826 g/mol. The van der Waals surface area contributed by atoms with Gasteiger partial charge >= 0.3 is 0 Å². The molecule has 3 aliphatic carbocycles. The summed E-state index contributed by atoms with van der Waals surface area (Å²) in [5.41, 5.74) is 21.6. The van der Waals surface area contributed by atoms with E-state index in [0.29, 0.717) is 0 Å². The maximum Gasteiger partial charge on any atom is 0.128 e. The molecule has 0 saturated carbocycles. The topological polar surface area (TPSA) is 21.7 Å². The summed E-state index contributed by atoms with van der Waals surface area (Å²) in [7, 11) is 0. The number of fused-ring (bicyclic) bond motifs is 3. The molecule has 12 rings (SSSR count). The van der Waals surface area contributed by atoms with E-state index in [0.717, 1.165) is 81.6 Å². The molecule has 0 bridgehead atoms. The maximum atomic E-state index is 6.34. The molecule has 0 atom stereocenters. The molecule has 3 nitrogen and oxygen atoms in total. The molecule has 3 aliphatic rings. The summed E-state index contributed by atoms with van der Waals surface area (Å²) in [6.45, 7) is 0. The van der Waals surface area contributed by atoms with E-state index < -0.39 is 0 Å². The normalized spacial score (nSPS) is 13.0. The van der Waals surface area contributed by atoms with Crippen LogP contribution in [0.3, 0.4) is 0 Å². The number of aryl methyl sites for hydroxylation is 6. The van der Waals surface area contributed by atoms with Crippen molar-refractivity contribution in [3.63, 3.8) is 0 Å². The highest BCUT2D eigenvalue weighted by Gasteiger charge is 2.18. The van der Waals surface area contributed by atoms with Crippen LogP contribution in [0.25, 0.3) is 33.4 Å². The second kappa shape index (κ2) is 16.3. The second-order valence-corrected chi connectivity index (χ2v) is 17.6. The van der Waals surface area contributed by atoms with Crippen molar-refractivity contribution in [3.8, 4) is 56.4 Å². The third kappa shape index (κ3) is 7.64. The van der Waals surface area contributed by atoms with Crippen molar-refractivity contribution in [1.82, 2.24) is 0 Å². The van der Waals surface area contributed by atoms with Gasteiger partial charge in [0.05, 0.1) is 0 Å². The number of hydrogen-bond donors (Lipinski definition) is 0. The number of benzene rings is 9. The minimum absolute atomic E-state index is 0.839. The molecule has 9 aromatic rings. The molecular weight excluding hydrogens is 779 g/mol. The lowest BCUT2D eigenvalue weighted by molar-refractivity contribution is 0.480. The summed E-state index contributed by atoms with van der Waals surface area (Å²) in [6, 6.07) is 72.5. The quantitative estimate of drug-likeness (QED) is 0.122. The third-order valence-corrected chi connectivity index (χ3v) is 13.5. The Kier molecular flexibility index (Phi) is 9.67. The lowest BCUT2D eigenvalue weighted by Crippen LogP contribution is -2.09. The first-order valence-electron chi connectivity index (χ1n) is 22.7. The molecule has 9 aromatic carbocycles. The van der Waals surface area contributed by atoms with Gasteiger partial charge in [-0.1, -0.05) is 115 Å². The summed E-state index contributed by atoms with van der Waals surface area (Å²) in [5.74, 6) is 3.47. The largest absolute Gasteiger partial charge is 0.457 e. The fraction of sp³-hybridized carbons (Fsp3) is 0.115. The van der Waals surface area contributed by atoms with E-state index in [1.54, 1.807) is 0 Å². The SMILES string of the molecule is c1cc(Cc2ccc3c(c2)CC3)cc(-c2ccc(N(c3ccc(-c4cccc(Oc5ccc6c(c5)CC6)c4)cc3)c3ccc(-c4cccc(Oc5ccc6c(c5)CC6)c4)cc3)cc2)c1. The number of nitrogens with zero attached hydrogens (tertiary/aromatic N) is 1. The van der Waals surface area contributed by atoms with Gasteiger partial charge in [0.25, 0.3) is 0 Å². The van der Waals surface area contributed by atoms with Crippen LogP contribution in [0.1, 0.15) is 44.5 Å². The van der Waals surface area contributed by atoms with Gasteiger partial charge in [0, 0.05) is 17.1 Å². The molecule has 308 valence electrons. The van der Waals surface area contributed by atoms with Gasteiger partial charge in [-0.3, -0.25) is 0 Å². The average Bonchev–Trinajstić information content (AvgIpc) is 3.30. The number of rotatable bonds is 12. The van der Waals surface area contributed by atoms with Crippen LogP contribution in [0.4, 0.5) is 17.1 Å². The van der Waals surface area contributed by atoms with Crippen molar-refractivity contribution in [2.75, 3.05) is 4.90 Å². The Balaban J connectivity index is 0.832. The van der Waals surface area contributed by atoms with E-state index in [4.69, 9.17) is 9.47 Å². The van der Waals surface area contributed by atoms with Crippen LogP contribution >= 0.6 is 0 Å². The molecule has 3 heteroatoms. The molecule has 0 fully saturated rings. The first kappa shape index (κ1) is 38.1. The number of hydrogen-bond acceptors (Lipinski definition) is 3. The Labute approximate surface area is 375 Å². The van der Waals surface area contributed by atoms with Crippen LogP contribution in [0.2, 0.25) is 0 Å². The van der Waals surface area contributed by atoms with Crippen LogP contribution in [0.15, 0.2) is 200 Å². The van der Waals surface area contributed by atoms with Gasteiger partial charge in [-0.25, -0.2) is 0 Å². The van der Waals surface area contributed by atoms with Crippen molar-refractivity contribution in [1.29, 1.82) is 0 Å². The molecular formula is C61H47NO2. The Morgan fingerprint density at radius 1 is 0.281 bits per heavy atom. The second-order valence-electron chi connectivity index (χ2n) is 17.6. The minimum atomic E-state index is 0.839. The molecule has 64 heavy (non-hydrogen) atoms. The van der Waals surface area contributed by atoms with Gasteiger partial charge < -0.3 is 14.4 Å². The lowest BCUT2D eigenvalue weighted by Gasteiger charge is -2.26. The van der Waals surface area contributed by atoms with Crippen molar-refractivity contribution < 1.29 is 9.47 Å². The van der Waals surface area contributed by atoms with Crippen molar-refractivity contribution in [2.24, 2.45) is 0 Å². The van der Waals surface area contributed by atoms with Gasteiger partial charge in [0.15, 0.2) is 0 Å². The zero-order valence-corrected chi connectivity index (χ0v) is 35.8. The molecule has 0 N–H and O–H groups in total. The van der Waals surface area contributed by atoms with E-state index in [2.05, 4.69) is 193 Å². The summed E-state index contributed by atoms with van der Waals surface area (Å²) in [4.78, 5) is 2.34. The van der Waals surface area contributed by atoms with E-state index in [1.807, 2.05) is 12.1 Å². The Bertz CT molecular complexity index is 2840. The molecule has 0 radical (unpaired) electrons. The van der Waals surface area contributed by atoms with Gasteiger partial charge in [-0.05, 0) is 208 Å². The summed E-state index contributed by atoms with van der Waals surface area (Å²) >= 11 is 0. The van der Waals surface area contributed by atoms with Gasteiger partial charge in [0.2, 0.25) is 0 Å². The summed E-state index contributed by atoms with van der Waals surface area (Å²) < 4.78 is 12.7. The van der Waals surface area contributed by atoms with Crippen molar-refractivity contribution in [3.05, 3.63) is 245 Å². The molecule has 0 aliphatic heterocycles. The Hall–Kier alpha value is -7.62. The first-order chi connectivity index (χ1) is 31.6. The Morgan fingerprint density at radius 3 is 1.08 bits per heavy atom. The van der Waals surface area contributed by atoms with Crippen LogP contribution < -0.4 is 14.4 Å². The highest BCUT2D eigenvalue weighted by molar-refractivity contribution is 5.81. The Morgan fingerprint density at radius 2 is 0.656 bits per heavy atom. The highest BCUT2D eigenvalue weighted by atomic mass is 16.5. The smallest absolute Gasteiger partial charge is 0.128 e. The number of anilines is 3. The standard InChI is InChI=1S/C61H47NO2/c1-4-41(34-42-10-11-43-12-15-52(43)36-42)35-49(5-1)46-18-26-55(27-19-46)62(56-28-20-47(21-29-56)50-6-2-8-58(37-50)63-60-32-24-44-13-16-53(44)39-60)57-30-22-48(23-31-57)51-7-3-9-59(38-51)64-61-33-25-45-14-17-54(45)40-61/h1-11,18-33,35-40H,12-17,34H2. The third-order valence-electron chi connectivity index (χ3n) is 13.5. The molecule has 0 unspecified atom stereocenters. The van der Waals surface area contributed by atoms with Gasteiger partial charge in [0.1, 0.15) is 23.0 Å². The molecule has 0 spiro atoms. The fourth-order valence-corrected chi connectivity index (χ4v) is 9.53. The predicted octanol–water partition coefficient (Wildman–Crippen LogP) is 15.6. The lowest BCUT2D eigenvalue weighted by atomic mass is 9.86. The van der Waals surface area contributed by atoms with Gasteiger partial charge in [-0.15, -0.1) is 0 Å². The minimum Gasteiger partial charge on any atom is -0.457 e. The molecule has 0 saturated heterocycles. The first-order valence-corrected chi connectivity index (χ1v) is 22.7. The fourth-order valence-electron chi connectivity index (χ4n) is 9.53. The van der Waals surface area contributed by atoms with Crippen LogP contribution in [-0.4, -0.2) is 0 Å².